The van der Waals surface area contributed by atoms with Crippen LogP contribution in [0, 0.1) is 6.92 Å². The Hall–Kier alpha value is -3.02. The largest absolute Gasteiger partial charge is 0.490 e. The molecule has 0 atom stereocenters. The Labute approximate surface area is 159 Å². The minimum absolute atomic E-state index is 0.175. The Bertz CT molecular complexity index is 742. The van der Waals surface area contributed by atoms with Gasteiger partial charge in [0.05, 0.1) is 13.2 Å². The van der Waals surface area contributed by atoms with E-state index in [1.165, 1.54) is 0 Å². The van der Waals surface area contributed by atoms with Crippen LogP contribution < -0.4 is 14.8 Å². The number of aryl methyl sites for hydroxylation is 1. The van der Waals surface area contributed by atoms with E-state index in [-0.39, 0.29) is 18.9 Å². The quantitative estimate of drug-likeness (QED) is 0.509. The van der Waals surface area contributed by atoms with E-state index in [1.807, 2.05) is 50.2 Å². The van der Waals surface area contributed by atoms with Gasteiger partial charge >= 0.3 is 5.97 Å². The minimum atomic E-state index is -0.434. The van der Waals surface area contributed by atoms with Gasteiger partial charge in [0, 0.05) is 12.1 Å². The zero-order chi connectivity index (χ0) is 19.5. The highest BCUT2D eigenvalue weighted by Crippen LogP contribution is 2.26. The molecule has 0 spiro atoms. The number of esters is 1. The monoisotopic (exact) mass is 371 g/mol. The molecule has 6 heteroatoms. The maximum atomic E-state index is 11.8. The number of benzene rings is 2. The average Bonchev–Trinajstić information content (AvgIpc) is 2.67. The first-order valence-corrected chi connectivity index (χ1v) is 8.95. The van der Waals surface area contributed by atoms with E-state index in [4.69, 9.17) is 14.2 Å². The molecule has 1 N–H and O–H groups in total. The Kier molecular flexibility index (Phi) is 8.16. The summed E-state index contributed by atoms with van der Waals surface area (Å²) in [6.07, 6.45) is 0.660. The third kappa shape index (κ3) is 7.40. The molecule has 0 saturated heterocycles. The van der Waals surface area contributed by atoms with E-state index >= 15 is 0 Å². The summed E-state index contributed by atoms with van der Waals surface area (Å²) in [7, 11) is 0. The van der Waals surface area contributed by atoms with Gasteiger partial charge in [-0.25, -0.2) is 0 Å². The third-order valence-electron chi connectivity index (χ3n) is 3.63. The number of ether oxygens (including phenoxy) is 3. The highest BCUT2D eigenvalue weighted by atomic mass is 16.5. The molecule has 2 rings (SSSR count). The number of rotatable bonds is 10. The molecule has 0 aromatic heterocycles. The van der Waals surface area contributed by atoms with Gasteiger partial charge in [-0.2, -0.15) is 0 Å². The van der Waals surface area contributed by atoms with Crippen LogP contribution in [-0.2, 0) is 14.3 Å². The predicted molar refractivity (Wildman–Crippen MR) is 103 cm³/mol. The van der Waals surface area contributed by atoms with Crippen molar-refractivity contribution in [2.45, 2.75) is 26.7 Å². The van der Waals surface area contributed by atoms with Crippen molar-refractivity contribution >= 4 is 17.6 Å². The van der Waals surface area contributed by atoms with E-state index in [0.29, 0.717) is 36.8 Å². The average molecular weight is 371 g/mol. The highest BCUT2D eigenvalue weighted by molar-refractivity contribution is 5.92. The zero-order valence-corrected chi connectivity index (χ0v) is 15.7. The van der Waals surface area contributed by atoms with Gasteiger partial charge in [-0.1, -0.05) is 29.8 Å². The lowest BCUT2D eigenvalue weighted by Crippen LogP contribution is -2.21. The van der Waals surface area contributed by atoms with Crippen LogP contribution in [0.5, 0.6) is 11.5 Å². The van der Waals surface area contributed by atoms with Crippen molar-refractivity contribution in [1.82, 2.24) is 0 Å². The first kappa shape index (κ1) is 20.3. The van der Waals surface area contributed by atoms with Crippen molar-refractivity contribution in [2.75, 3.05) is 25.1 Å². The van der Waals surface area contributed by atoms with Crippen molar-refractivity contribution < 1.29 is 23.8 Å². The van der Waals surface area contributed by atoms with E-state index in [0.717, 1.165) is 5.56 Å². The number of hydrogen-bond acceptors (Lipinski definition) is 5. The molecule has 144 valence electrons. The molecule has 0 bridgehead atoms. The van der Waals surface area contributed by atoms with Gasteiger partial charge in [-0.15, -0.1) is 0 Å². The van der Waals surface area contributed by atoms with Gasteiger partial charge in [-0.3, -0.25) is 9.59 Å². The lowest BCUT2D eigenvalue weighted by atomic mass is 10.2. The second-order valence-electron chi connectivity index (χ2n) is 5.91. The number of carbonyl (C=O) groups is 2. The molecule has 0 aliphatic carbocycles. The maximum Gasteiger partial charge on any atom is 0.306 e. The first-order chi connectivity index (χ1) is 13.1. The van der Waals surface area contributed by atoms with Gasteiger partial charge in [0.25, 0.3) is 5.91 Å². The van der Waals surface area contributed by atoms with E-state index in [1.54, 1.807) is 12.1 Å². The molecule has 0 saturated carbocycles. The van der Waals surface area contributed by atoms with Crippen LogP contribution in [0.25, 0.3) is 0 Å². The van der Waals surface area contributed by atoms with Gasteiger partial charge < -0.3 is 19.5 Å². The standard InChI is InChI=1S/C21H25NO5/c1-3-25-18-7-4-5-8-19(18)26-14-6-9-21(24)27-15-20(23)22-17-12-10-16(2)11-13-17/h4-5,7-8,10-13H,3,6,9,14-15H2,1-2H3,(H,22,23). The van der Waals surface area contributed by atoms with Gasteiger partial charge in [0.15, 0.2) is 18.1 Å². The maximum absolute atomic E-state index is 11.8. The second-order valence-corrected chi connectivity index (χ2v) is 5.91. The van der Waals surface area contributed by atoms with E-state index in [9.17, 15) is 9.59 Å². The molecule has 0 heterocycles. The normalized spacial score (nSPS) is 10.1. The number of amides is 1. The SMILES string of the molecule is CCOc1ccccc1OCCCC(=O)OCC(=O)Nc1ccc(C)cc1. The van der Waals surface area contributed by atoms with Crippen LogP contribution in [0.15, 0.2) is 48.5 Å². The molecule has 1 amide bonds. The molecular weight excluding hydrogens is 346 g/mol. The lowest BCUT2D eigenvalue weighted by molar-refractivity contribution is -0.147. The Balaban J connectivity index is 1.63. The lowest BCUT2D eigenvalue weighted by Gasteiger charge is -2.11. The van der Waals surface area contributed by atoms with Crippen molar-refractivity contribution in [3.63, 3.8) is 0 Å². The summed E-state index contributed by atoms with van der Waals surface area (Å²) in [5.74, 6) is 0.519. The fraction of sp³-hybridized carbons (Fsp3) is 0.333. The van der Waals surface area contributed by atoms with Gasteiger partial charge in [0.2, 0.25) is 0 Å². The minimum Gasteiger partial charge on any atom is -0.490 e. The van der Waals surface area contributed by atoms with Crippen LogP contribution in [0.3, 0.4) is 0 Å². The van der Waals surface area contributed by atoms with E-state index in [2.05, 4.69) is 5.32 Å². The predicted octanol–water partition coefficient (Wildman–Crippen LogP) is 3.73. The van der Waals surface area contributed by atoms with Crippen LogP contribution in [0.1, 0.15) is 25.3 Å². The molecule has 0 fully saturated rings. The van der Waals surface area contributed by atoms with E-state index < -0.39 is 5.97 Å². The number of nitrogens with one attached hydrogen (secondary N) is 1. The molecule has 0 unspecified atom stereocenters. The molecule has 27 heavy (non-hydrogen) atoms. The van der Waals surface area contributed by atoms with Crippen LogP contribution >= 0.6 is 0 Å². The fourth-order valence-corrected chi connectivity index (χ4v) is 2.29. The smallest absolute Gasteiger partial charge is 0.306 e. The van der Waals surface area contributed by atoms with Crippen molar-refractivity contribution in [2.24, 2.45) is 0 Å². The molecular formula is C21H25NO5. The molecule has 2 aromatic carbocycles. The first-order valence-electron chi connectivity index (χ1n) is 8.95. The van der Waals surface area contributed by atoms with Crippen LogP contribution in [0.2, 0.25) is 0 Å². The topological polar surface area (TPSA) is 73.9 Å². The molecule has 0 radical (unpaired) electrons. The summed E-state index contributed by atoms with van der Waals surface area (Å²) < 4.78 is 16.1. The molecule has 0 aliphatic rings. The number of carbonyl (C=O) groups excluding carboxylic acids is 2. The fourth-order valence-electron chi connectivity index (χ4n) is 2.29. The summed E-state index contributed by atoms with van der Waals surface area (Å²) >= 11 is 0. The number of hydrogen-bond donors (Lipinski definition) is 1. The highest BCUT2D eigenvalue weighted by Gasteiger charge is 2.09. The Morgan fingerprint density at radius 2 is 1.63 bits per heavy atom. The number of para-hydroxylation sites is 2. The summed E-state index contributed by atoms with van der Waals surface area (Å²) in [6, 6.07) is 14.8. The van der Waals surface area contributed by atoms with Crippen molar-refractivity contribution in [3.8, 4) is 11.5 Å². The third-order valence-corrected chi connectivity index (χ3v) is 3.63. The number of anilines is 1. The molecule has 0 aliphatic heterocycles. The van der Waals surface area contributed by atoms with Crippen LogP contribution in [-0.4, -0.2) is 31.7 Å². The van der Waals surface area contributed by atoms with Crippen molar-refractivity contribution in [3.05, 3.63) is 54.1 Å². The summed E-state index contributed by atoms with van der Waals surface area (Å²) in [5, 5.41) is 2.68. The van der Waals surface area contributed by atoms with Gasteiger partial charge in [0.1, 0.15) is 0 Å². The zero-order valence-electron chi connectivity index (χ0n) is 15.7. The summed E-state index contributed by atoms with van der Waals surface area (Å²) in [4.78, 5) is 23.5. The summed E-state index contributed by atoms with van der Waals surface area (Å²) in [6.45, 7) is 4.47. The second kappa shape index (κ2) is 10.9. The molecule has 2 aromatic rings. The summed E-state index contributed by atoms with van der Waals surface area (Å²) in [5.41, 5.74) is 1.77. The Morgan fingerprint density at radius 3 is 2.30 bits per heavy atom. The van der Waals surface area contributed by atoms with Gasteiger partial charge in [-0.05, 0) is 44.5 Å². The Morgan fingerprint density at radius 1 is 0.963 bits per heavy atom. The van der Waals surface area contributed by atoms with Crippen LogP contribution in [0.4, 0.5) is 5.69 Å². The molecule has 6 nitrogen and oxygen atoms in total. The van der Waals surface area contributed by atoms with Crippen molar-refractivity contribution in [1.29, 1.82) is 0 Å².